The minimum atomic E-state index is -2.75. The first kappa shape index (κ1) is 22.0. The van der Waals surface area contributed by atoms with Crippen LogP contribution in [0.15, 0.2) is 35.1 Å². The van der Waals surface area contributed by atoms with Gasteiger partial charge in [-0.2, -0.15) is 0 Å². The van der Waals surface area contributed by atoms with Gasteiger partial charge in [-0.1, -0.05) is 12.1 Å². The van der Waals surface area contributed by atoms with Gasteiger partial charge in [-0.3, -0.25) is 19.3 Å². The van der Waals surface area contributed by atoms with Gasteiger partial charge in [0.2, 0.25) is 5.78 Å². The molecule has 3 aliphatic carbocycles. The van der Waals surface area contributed by atoms with Crippen LogP contribution >= 0.6 is 0 Å². The molecule has 7 N–H and O–H groups in total. The molecule has 0 bridgehead atoms. The largest absolute Gasteiger partial charge is 0.508 e. The van der Waals surface area contributed by atoms with E-state index in [9.17, 15) is 39.9 Å². The number of primary amides is 1. The Morgan fingerprint density at radius 2 is 1.78 bits per heavy atom. The number of nitrogens with zero attached hydrogens (tertiary/aromatic N) is 1. The second-order valence-electron chi connectivity index (χ2n) is 8.96. The third kappa shape index (κ3) is 2.48. The number of aliphatic hydroxyl groups excluding tert-OH is 2. The lowest BCUT2D eigenvalue weighted by Gasteiger charge is -2.53. The van der Waals surface area contributed by atoms with Gasteiger partial charge in [0, 0.05) is 17.4 Å². The first-order valence-corrected chi connectivity index (χ1v) is 9.97. The summed E-state index contributed by atoms with van der Waals surface area (Å²) < 4.78 is 0. The van der Waals surface area contributed by atoms with Crippen LogP contribution in [0.2, 0.25) is 0 Å². The topological polar surface area (TPSA) is 182 Å². The summed E-state index contributed by atoms with van der Waals surface area (Å²) in [5.41, 5.74) is -0.548. The Morgan fingerprint density at radius 3 is 2.34 bits per heavy atom. The number of rotatable bonds is 2. The number of nitrogens with two attached hydrogens (primary N) is 1. The number of Topliss-reactive ketones (excluding diaryl/α,β-unsaturated/α-hetero) is 2. The fourth-order valence-corrected chi connectivity index (χ4v) is 5.50. The predicted octanol–water partition coefficient (Wildman–Crippen LogP) is -0.371. The lowest BCUT2D eigenvalue weighted by molar-refractivity contribution is -0.159. The highest BCUT2D eigenvalue weighted by Gasteiger charge is 2.66. The van der Waals surface area contributed by atoms with Gasteiger partial charge in [-0.25, -0.2) is 0 Å². The van der Waals surface area contributed by atoms with Gasteiger partial charge in [-0.15, -0.1) is 0 Å². The molecule has 32 heavy (non-hydrogen) atoms. The molecule has 0 spiro atoms. The maximum atomic E-state index is 13.7. The van der Waals surface area contributed by atoms with Crippen LogP contribution in [0.25, 0.3) is 5.76 Å². The van der Waals surface area contributed by atoms with Gasteiger partial charge in [0.15, 0.2) is 11.4 Å². The minimum Gasteiger partial charge on any atom is -0.508 e. The van der Waals surface area contributed by atoms with Gasteiger partial charge in [-0.05, 0) is 39.1 Å². The molecule has 1 aromatic rings. The molecule has 1 fully saturated rings. The van der Waals surface area contributed by atoms with Crippen molar-refractivity contribution in [2.75, 3.05) is 14.1 Å². The zero-order valence-electron chi connectivity index (χ0n) is 17.7. The van der Waals surface area contributed by atoms with Crippen LogP contribution in [0.3, 0.4) is 0 Å². The minimum absolute atomic E-state index is 0.170. The molecule has 4 rings (SSSR count). The average molecular weight is 444 g/mol. The Labute approximate surface area is 182 Å². The van der Waals surface area contributed by atoms with Crippen molar-refractivity contribution in [2.24, 2.45) is 17.6 Å². The monoisotopic (exact) mass is 444 g/mol. The molecular weight excluding hydrogens is 420 g/mol. The smallest absolute Gasteiger partial charge is 0.255 e. The Kier molecular flexibility index (Phi) is 4.57. The van der Waals surface area contributed by atoms with Crippen molar-refractivity contribution in [2.45, 2.75) is 30.6 Å². The summed E-state index contributed by atoms with van der Waals surface area (Å²) in [6, 6.07) is 3.02. The number of phenolic OH excluding ortho intramolecular Hbond substituents is 1. The number of aliphatic hydroxyl groups is 4. The first-order valence-electron chi connectivity index (χ1n) is 9.97. The molecule has 0 heterocycles. The van der Waals surface area contributed by atoms with Crippen LogP contribution in [0, 0.1) is 11.8 Å². The van der Waals surface area contributed by atoms with Crippen LogP contribution in [0.4, 0.5) is 0 Å². The first-order chi connectivity index (χ1) is 14.8. The summed E-state index contributed by atoms with van der Waals surface area (Å²) in [5, 5.41) is 54.9. The summed E-state index contributed by atoms with van der Waals surface area (Å²) in [7, 11) is 3.01. The number of hydrogen-bond donors (Lipinski definition) is 6. The fourth-order valence-electron chi connectivity index (χ4n) is 5.50. The molecule has 5 atom stereocenters. The lowest BCUT2D eigenvalue weighted by atomic mass is 9.54. The molecular formula is C22H24N2O8. The number of fused-ring (bicyclic) bond motifs is 3. The maximum absolute atomic E-state index is 13.7. The SMILES string of the molecule is CN(C)C1C(=O)C(C(N)=O)=C(O)[C@@]2(O)C(=O)C3=C(O)c4c(O)cccc4C(C)(O)C3C[C@@H]12. The van der Waals surface area contributed by atoms with Gasteiger partial charge in [0.25, 0.3) is 5.91 Å². The molecule has 1 amide bonds. The Hall–Kier alpha value is -3.21. The van der Waals surface area contributed by atoms with E-state index < -0.39 is 75.0 Å². The van der Waals surface area contributed by atoms with Crippen molar-refractivity contribution in [1.29, 1.82) is 0 Å². The van der Waals surface area contributed by atoms with Crippen molar-refractivity contribution >= 4 is 23.2 Å². The van der Waals surface area contributed by atoms with Gasteiger partial charge in [0.05, 0.1) is 17.2 Å². The zero-order chi connectivity index (χ0) is 23.9. The molecule has 10 nitrogen and oxygen atoms in total. The van der Waals surface area contributed by atoms with Gasteiger partial charge in [0.1, 0.15) is 22.8 Å². The standard InChI is InChI=1S/C22H24N2O8/c1-21(31)8-5-4-6-11(25)12(8)16(26)13-9(21)7-10-15(24(2)3)17(27)14(20(23)30)19(29)22(10,32)18(13)28/h4-6,9-10,15,25-26,29,31-32H,7H2,1-3H3,(H2,23,30)/t9?,10-,15?,21?,22-/m0/s1. The number of hydrogen-bond acceptors (Lipinski definition) is 9. The fraction of sp³-hybridized carbons (Fsp3) is 0.409. The lowest BCUT2D eigenvalue weighted by Crippen LogP contribution is -2.67. The molecule has 1 saturated carbocycles. The Bertz CT molecular complexity index is 1150. The second kappa shape index (κ2) is 6.64. The van der Waals surface area contributed by atoms with Crippen LogP contribution in [0.1, 0.15) is 24.5 Å². The molecule has 3 unspecified atom stereocenters. The number of carbonyl (C=O) groups excluding carboxylic acids is 3. The van der Waals surface area contributed by atoms with E-state index in [1.807, 2.05) is 0 Å². The van der Waals surface area contributed by atoms with Crippen LogP contribution in [0.5, 0.6) is 5.75 Å². The van der Waals surface area contributed by atoms with Crippen molar-refractivity contribution < 1.29 is 39.9 Å². The van der Waals surface area contributed by atoms with Crippen LogP contribution in [-0.4, -0.2) is 73.6 Å². The average Bonchev–Trinajstić information content (AvgIpc) is 2.68. The van der Waals surface area contributed by atoms with E-state index in [4.69, 9.17) is 5.73 Å². The number of phenols is 1. The van der Waals surface area contributed by atoms with E-state index in [0.717, 1.165) is 0 Å². The van der Waals surface area contributed by atoms with E-state index in [0.29, 0.717) is 0 Å². The number of carbonyl (C=O) groups is 3. The highest BCUT2D eigenvalue weighted by Crippen LogP contribution is 2.57. The number of amides is 1. The summed E-state index contributed by atoms with van der Waals surface area (Å²) >= 11 is 0. The Morgan fingerprint density at radius 1 is 1.16 bits per heavy atom. The summed E-state index contributed by atoms with van der Waals surface area (Å²) in [4.78, 5) is 40.0. The molecule has 0 saturated heterocycles. The maximum Gasteiger partial charge on any atom is 0.255 e. The predicted molar refractivity (Wildman–Crippen MR) is 110 cm³/mol. The van der Waals surface area contributed by atoms with Gasteiger partial charge >= 0.3 is 0 Å². The second-order valence-corrected chi connectivity index (χ2v) is 8.96. The van der Waals surface area contributed by atoms with E-state index in [2.05, 4.69) is 0 Å². The summed E-state index contributed by atoms with van der Waals surface area (Å²) in [6.07, 6.45) is -0.200. The number of aromatic hydroxyl groups is 1. The van der Waals surface area contributed by atoms with Gasteiger partial charge < -0.3 is 31.3 Å². The molecule has 0 aromatic heterocycles. The van der Waals surface area contributed by atoms with Crippen molar-refractivity contribution in [3.63, 3.8) is 0 Å². The zero-order valence-corrected chi connectivity index (χ0v) is 17.7. The molecule has 0 aliphatic heterocycles. The normalized spacial score (nSPS) is 34.4. The van der Waals surface area contributed by atoms with E-state index in [-0.39, 0.29) is 17.5 Å². The summed E-state index contributed by atoms with van der Waals surface area (Å²) in [5.74, 6) is -7.90. The highest BCUT2D eigenvalue weighted by atomic mass is 16.3. The van der Waals surface area contributed by atoms with Crippen LogP contribution in [-0.2, 0) is 20.0 Å². The van der Waals surface area contributed by atoms with Crippen molar-refractivity contribution in [3.8, 4) is 5.75 Å². The molecule has 3 aliphatic rings. The summed E-state index contributed by atoms with van der Waals surface area (Å²) in [6.45, 7) is 1.40. The number of likely N-dealkylation sites (N-methyl/N-ethyl adjacent to an activating group) is 1. The molecule has 10 heteroatoms. The van der Waals surface area contributed by atoms with Crippen molar-refractivity contribution in [3.05, 3.63) is 46.2 Å². The Balaban J connectivity index is 2.05. The quantitative estimate of drug-likeness (QED) is 0.332. The van der Waals surface area contributed by atoms with E-state index in [1.54, 1.807) is 0 Å². The third-order valence-corrected chi connectivity index (χ3v) is 7.02. The van der Waals surface area contributed by atoms with E-state index in [1.165, 1.54) is 44.1 Å². The van der Waals surface area contributed by atoms with E-state index >= 15 is 0 Å². The third-order valence-electron chi connectivity index (χ3n) is 7.02. The number of ketones is 2. The molecule has 1 aromatic carbocycles. The highest BCUT2D eigenvalue weighted by molar-refractivity contribution is 6.24. The van der Waals surface area contributed by atoms with Crippen LogP contribution < -0.4 is 5.73 Å². The molecule has 170 valence electrons. The molecule has 0 radical (unpaired) electrons. The number of benzene rings is 1. The van der Waals surface area contributed by atoms with Crippen molar-refractivity contribution in [1.82, 2.24) is 4.90 Å².